The summed E-state index contributed by atoms with van der Waals surface area (Å²) in [4.78, 5) is 13.4. The SMILES string of the molecule is CC(C)[C@H](CO)Nc1nc(Nc2cc(Cl)ccc2Cl)cc(-c2ccccn2)n1. The van der Waals surface area contributed by atoms with Crippen molar-refractivity contribution in [1.82, 2.24) is 15.0 Å². The van der Waals surface area contributed by atoms with Crippen LogP contribution in [0.4, 0.5) is 17.5 Å². The van der Waals surface area contributed by atoms with Gasteiger partial charge in [-0.1, -0.05) is 43.1 Å². The van der Waals surface area contributed by atoms with E-state index in [9.17, 15) is 5.11 Å². The van der Waals surface area contributed by atoms with Gasteiger partial charge in [-0.25, -0.2) is 4.98 Å². The molecule has 2 heterocycles. The molecule has 8 heteroatoms. The molecule has 0 spiro atoms. The van der Waals surface area contributed by atoms with Gasteiger partial charge in [0.1, 0.15) is 5.82 Å². The molecule has 0 saturated carbocycles. The molecule has 28 heavy (non-hydrogen) atoms. The van der Waals surface area contributed by atoms with E-state index >= 15 is 0 Å². The Morgan fingerprint density at radius 1 is 1.04 bits per heavy atom. The molecule has 0 unspecified atom stereocenters. The molecule has 3 rings (SSSR count). The van der Waals surface area contributed by atoms with Gasteiger partial charge in [-0.15, -0.1) is 0 Å². The largest absolute Gasteiger partial charge is 0.394 e. The lowest BCUT2D eigenvalue weighted by molar-refractivity contribution is 0.248. The Kier molecular flexibility index (Phi) is 6.67. The van der Waals surface area contributed by atoms with Gasteiger partial charge in [0.15, 0.2) is 0 Å². The second kappa shape index (κ2) is 9.19. The fourth-order valence-corrected chi connectivity index (χ4v) is 2.88. The van der Waals surface area contributed by atoms with Crippen LogP contribution >= 0.6 is 23.2 Å². The molecule has 0 saturated heterocycles. The maximum absolute atomic E-state index is 9.64. The lowest BCUT2D eigenvalue weighted by Crippen LogP contribution is -2.30. The number of rotatable bonds is 7. The van der Waals surface area contributed by atoms with Crippen molar-refractivity contribution in [2.75, 3.05) is 17.2 Å². The summed E-state index contributed by atoms with van der Waals surface area (Å²) in [6.07, 6.45) is 1.70. The first-order valence-electron chi connectivity index (χ1n) is 8.86. The Bertz CT molecular complexity index is 937. The number of anilines is 3. The number of hydrogen-bond acceptors (Lipinski definition) is 6. The normalized spacial score (nSPS) is 12.1. The molecule has 2 aromatic heterocycles. The molecule has 0 amide bonds. The molecule has 1 aromatic carbocycles. The van der Waals surface area contributed by atoms with Gasteiger partial charge in [0.05, 0.1) is 34.7 Å². The van der Waals surface area contributed by atoms with Crippen LogP contribution in [0.5, 0.6) is 0 Å². The van der Waals surface area contributed by atoms with Gasteiger partial charge < -0.3 is 15.7 Å². The minimum Gasteiger partial charge on any atom is -0.394 e. The fourth-order valence-electron chi connectivity index (χ4n) is 2.54. The van der Waals surface area contributed by atoms with E-state index in [0.717, 1.165) is 0 Å². The highest BCUT2D eigenvalue weighted by molar-refractivity contribution is 6.35. The summed E-state index contributed by atoms with van der Waals surface area (Å²) in [5, 5.41) is 17.1. The van der Waals surface area contributed by atoms with Crippen LogP contribution in [0.3, 0.4) is 0 Å². The predicted molar refractivity (Wildman–Crippen MR) is 114 cm³/mol. The number of benzene rings is 1. The Hall–Kier alpha value is -2.41. The standard InChI is InChI=1S/C20H21Cl2N5O/c1-12(2)18(11-28)26-20-25-17(15-5-3-4-8-23-15)10-19(27-20)24-16-9-13(21)6-7-14(16)22/h3-10,12,18,28H,11H2,1-2H3,(H2,24,25,26,27)/t18-/m0/s1. The Morgan fingerprint density at radius 2 is 1.86 bits per heavy atom. The average Bonchev–Trinajstić information content (AvgIpc) is 2.69. The summed E-state index contributed by atoms with van der Waals surface area (Å²) < 4.78 is 0. The van der Waals surface area contributed by atoms with E-state index < -0.39 is 0 Å². The zero-order valence-corrected chi connectivity index (χ0v) is 17.0. The minimum atomic E-state index is -0.179. The van der Waals surface area contributed by atoms with Crippen LogP contribution in [-0.4, -0.2) is 32.7 Å². The monoisotopic (exact) mass is 417 g/mol. The molecule has 6 nitrogen and oxygen atoms in total. The number of nitrogens with zero attached hydrogens (tertiary/aromatic N) is 3. The predicted octanol–water partition coefficient (Wildman–Crippen LogP) is 5.02. The number of pyridine rings is 1. The van der Waals surface area contributed by atoms with Crippen molar-refractivity contribution >= 4 is 40.7 Å². The second-order valence-corrected chi connectivity index (χ2v) is 7.45. The van der Waals surface area contributed by atoms with E-state index in [-0.39, 0.29) is 18.6 Å². The van der Waals surface area contributed by atoms with Crippen molar-refractivity contribution in [3.63, 3.8) is 0 Å². The molecule has 0 aliphatic heterocycles. The quantitative estimate of drug-likeness (QED) is 0.500. The van der Waals surface area contributed by atoms with Gasteiger partial charge in [-0.2, -0.15) is 4.98 Å². The molecule has 0 aliphatic carbocycles. The number of nitrogens with one attached hydrogen (secondary N) is 2. The number of halogens is 2. The van der Waals surface area contributed by atoms with Crippen LogP contribution in [0.15, 0.2) is 48.7 Å². The summed E-state index contributed by atoms with van der Waals surface area (Å²) in [5.74, 6) is 1.12. The first-order chi connectivity index (χ1) is 13.5. The van der Waals surface area contributed by atoms with Crippen molar-refractivity contribution in [3.05, 3.63) is 58.7 Å². The molecule has 3 N–H and O–H groups in total. The van der Waals surface area contributed by atoms with Crippen molar-refractivity contribution in [1.29, 1.82) is 0 Å². The topological polar surface area (TPSA) is 83.0 Å². The molecule has 146 valence electrons. The summed E-state index contributed by atoms with van der Waals surface area (Å²) in [7, 11) is 0. The first kappa shape index (κ1) is 20.3. The maximum atomic E-state index is 9.64. The van der Waals surface area contributed by atoms with E-state index in [1.54, 1.807) is 30.5 Å². The Labute approximate surface area is 174 Å². The third-order valence-electron chi connectivity index (χ3n) is 4.16. The van der Waals surface area contributed by atoms with Gasteiger partial charge in [0, 0.05) is 17.3 Å². The van der Waals surface area contributed by atoms with Crippen molar-refractivity contribution in [2.24, 2.45) is 5.92 Å². The number of hydrogen-bond donors (Lipinski definition) is 3. The van der Waals surface area contributed by atoms with Crippen LogP contribution in [0.2, 0.25) is 10.0 Å². The smallest absolute Gasteiger partial charge is 0.225 e. The lowest BCUT2D eigenvalue weighted by atomic mass is 10.1. The number of aliphatic hydroxyl groups excluding tert-OH is 1. The van der Waals surface area contributed by atoms with E-state index in [2.05, 4.69) is 25.6 Å². The van der Waals surface area contributed by atoms with E-state index in [0.29, 0.717) is 38.9 Å². The van der Waals surface area contributed by atoms with E-state index in [1.165, 1.54) is 0 Å². The third kappa shape index (κ3) is 5.10. The van der Waals surface area contributed by atoms with Gasteiger partial charge in [-0.3, -0.25) is 4.98 Å². The van der Waals surface area contributed by atoms with Crippen molar-refractivity contribution in [3.8, 4) is 11.4 Å². The number of aliphatic hydroxyl groups is 1. The molecular weight excluding hydrogens is 397 g/mol. The molecular formula is C20H21Cl2N5O. The van der Waals surface area contributed by atoms with Crippen molar-refractivity contribution in [2.45, 2.75) is 19.9 Å². The maximum Gasteiger partial charge on any atom is 0.225 e. The molecule has 1 atom stereocenters. The summed E-state index contributed by atoms with van der Waals surface area (Å²) in [6.45, 7) is 4.00. The second-order valence-electron chi connectivity index (χ2n) is 6.60. The fraction of sp³-hybridized carbons (Fsp3) is 0.250. The molecule has 0 aliphatic rings. The van der Waals surface area contributed by atoms with Gasteiger partial charge >= 0.3 is 0 Å². The zero-order chi connectivity index (χ0) is 20.1. The highest BCUT2D eigenvalue weighted by atomic mass is 35.5. The molecule has 0 radical (unpaired) electrons. The van der Waals surface area contributed by atoms with E-state index in [1.807, 2.05) is 32.0 Å². The van der Waals surface area contributed by atoms with Gasteiger partial charge in [0.25, 0.3) is 0 Å². The highest BCUT2D eigenvalue weighted by Gasteiger charge is 2.16. The van der Waals surface area contributed by atoms with Crippen LogP contribution < -0.4 is 10.6 Å². The van der Waals surface area contributed by atoms with Crippen LogP contribution in [0, 0.1) is 5.92 Å². The summed E-state index contributed by atoms with van der Waals surface area (Å²) in [5.41, 5.74) is 1.98. The molecule has 0 bridgehead atoms. The summed E-state index contributed by atoms with van der Waals surface area (Å²) in [6, 6.07) is 12.4. The van der Waals surface area contributed by atoms with Gasteiger partial charge in [-0.05, 0) is 36.2 Å². The highest BCUT2D eigenvalue weighted by Crippen LogP contribution is 2.29. The third-order valence-corrected chi connectivity index (χ3v) is 4.73. The van der Waals surface area contributed by atoms with Gasteiger partial charge in [0.2, 0.25) is 5.95 Å². The Balaban J connectivity index is 2.00. The van der Waals surface area contributed by atoms with E-state index in [4.69, 9.17) is 23.2 Å². The lowest BCUT2D eigenvalue weighted by Gasteiger charge is -2.20. The number of aromatic nitrogens is 3. The van der Waals surface area contributed by atoms with Crippen molar-refractivity contribution < 1.29 is 5.11 Å². The first-order valence-corrected chi connectivity index (χ1v) is 9.62. The zero-order valence-electron chi connectivity index (χ0n) is 15.5. The van der Waals surface area contributed by atoms with Crippen LogP contribution in [-0.2, 0) is 0 Å². The Morgan fingerprint density at radius 3 is 2.54 bits per heavy atom. The average molecular weight is 418 g/mol. The molecule has 3 aromatic rings. The summed E-state index contributed by atoms with van der Waals surface area (Å²) >= 11 is 12.3. The van der Waals surface area contributed by atoms with Crippen LogP contribution in [0.25, 0.3) is 11.4 Å². The molecule has 0 fully saturated rings. The minimum absolute atomic E-state index is 0.0300. The van der Waals surface area contributed by atoms with Crippen LogP contribution in [0.1, 0.15) is 13.8 Å².